The van der Waals surface area contributed by atoms with Crippen LogP contribution in [0.4, 0.5) is 11.5 Å². The highest BCUT2D eigenvalue weighted by Crippen LogP contribution is 2.21. The van der Waals surface area contributed by atoms with Crippen molar-refractivity contribution < 1.29 is 4.79 Å². The van der Waals surface area contributed by atoms with Crippen LogP contribution < -0.4 is 10.2 Å². The Balaban J connectivity index is 1.56. The van der Waals surface area contributed by atoms with Crippen LogP contribution in [0.25, 0.3) is 0 Å². The fraction of sp³-hybridized carbons (Fsp3) is 0.400. The van der Waals surface area contributed by atoms with Crippen molar-refractivity contribution in [1.29, 1.82) is 0 Å². The van der Waals surface area contributed by atoms with E-state index in [2.05, 4.69) is 35.1 Å². The van der Waals surface area contributed by atoms with Crippen molar-refractivity contribution in [3.8, 4) is 0 Å². The van der Waals surface area contributed by atoms with Crippen molar-refractivity contribution >= 4 is 29.0 Å². The number of hydrogen-bond donors (Lipinski definition) is 1. The van der Waals surface area contributed by atoms with Gasteiger partial charge in [0.05, 0.1) is 5.56 Å². The topological polar surface area (TPSA) is 48.5 Å². The zero-order valence-electron chi connectivity index (χ0n) is 15.3. The number of carbonyl (C=O) groups is 1. The second-order valence-electron chi connectivity index (χ2n) is 6.97. The molecule has 0 atom stereocenters. The van der Waals surface area contributed by atoms with Crippen LogP contribution in [0.1, 0.15) is 24.2 Å². The minimum atomic E-state index is 0.0404. The fourth-order valence-corrected chi connectivity index (χ4v) is 3.14. The molecule has 5 nitrogen and oxygen atoms in total. The highest BCUT2D eigenvalue weighted by molar-refractivity contribution is 6.30. The molecule has 1 saturated heterocycles. The highest BCUT2D eigenvalue weighted by Gasteiger charge is 2.22. The predicted octanol–water partition coefficient (Wildman–Crippen LogP) is 3.77. The van der Waals surface area contributed by atoms with Crippen molar-refractivity contribution in [1.82, 2.24) is 9.88 Å². The Labute approximate surface area is 160 Å². The number of nitrogens with zero attached hydrogens (tertiary/aromatic N) is 3. The van der Waals surface area contributed by atoms with Crippen LogP contribution in [0.2, 0.25) is 5.02 Å². The average molecular weight is 373 g/mol. The fourth-order valence-electron chi connectivity index (χ4n) is 2.96. The van der Waals surface area contributed by atoms with Gasteiger partial charge in [-0.25, -0.2) is 4.98 Å². The maximum atomic E-state index is 12.7. The molecule has 3 rings (SSSR count). The molecule has 0 spiro atoms. The van der Waals surface area contributed by atoms with Gasteiger partial charge in [0.1, 0.15) is 5.82 Å². The van der Waals surface area contributed by atoms with Crippen molar-refractivity contribution in [3.05, 3.63) is 53.2 Å². The van der Waals surface area contributed by atoms with E-state index in [-0.39, 0.29) is 5.91 Å². The first-order valence-corrected chi connectivity index (χ1v) is 9.40. The second kappa shape index (κ2) is 8.41. The number of anilines is 2. The van der Waals surface area contributed by atoms with Crippen molar-refractivity contribution in [2.24, 2.45) is 5.92 Å². The van der Waals surface area contributed by atoms with Gasteiger partial charge in [-0.2, -0.15) is 0 Å². The van der Waals surface area contributed by atoms with Gasteiger partial charge in [0.25, 0.3) is 5.91 Å². The van der Waals surface area contributed by atoms with E-state index in [4.69, 9.17) is 11.6 Å². The molecule has 1 amide bonds. The standard InChI is InChI=1S/C20H25ClN4O/c1-15(2)13-22-19-7-6-16(14-23-19)20(26)25-10-8-24(9-11-25)18-5-3-4-17(21)12-18/h3-7,12,14-15H,8-11,13H2,1-2H3,(H,22,23). The Morgan fingerprint density at radius 3 is 2.58 bits per heavy atom. The summed E-state index contributed by atoms with van der Waals surface area (Å²) in [7, 11) is 0. The van der Waals surface area contributed by atoms with E-state index in [9.17, 15) is 4.79 Å². The van der Waals surface area contributed by atoms with Gasteiger partial charge in [-0.05, 0) is 36.2 Å². The molecule has 26 heavy (non-hydrogen) atoms. The number of halogens is 1. The quantitative estimate of drug-likeness (QED) is 0.868. The molecule has 0 saturated carbocycles. The number of benzene rings is 1. The lowest BCUT2D eigenvalue weighted by Gasteiger charge is -2.36. The summed E-state index contributed by atoms with van der Waals surface area (Å²) < 4.78 is 0. The van der Waals surface area contributed by atoms with Gasteiger partial charge in [0, 0.05) is 49.6 Å². The summed E-state index contributed by atoms with van der Waals surface area (Å²) >= 11 is 6.07. The van der Waals surface area contributed by atoms with E-state index in [1.54, 1.807) is 6.20 Å². The molecule has 2 aromatic rings. The molecule has 0 radical (unpaired) electrons. The van der Waals surface area contributed by atoms with Crippen LogP contribution in [0.5, 0.6) is 0 Å². The molecule has 0 bridgehead atoms. The summed E-state index contributed by atoms with van der Waals surface area (Å²) in [6, 6.07) is 11.6. The third-order valence-corrected chi connectivity index (χ3v) is 4.68. The van der Waals surface area contributed by atoms with Crippen LogP contribution in [0.15, 0.2) is 42.6 Å². The second-order valence-corrected chi connectivity index (χ2v) is 7.40. The molecule has 1 aliphatic rings. The Bertz CT molecular complexity index is 740. The zero-order valence-corrected chi connectivity index (χ0v) is 16.0. The SMILES string of the molecule is CC(C)CNc1ccc(C(=O)N2CCN(c3cccc(Cl)c3)CC2)cn1. The molecule has 1 aromatic heterocycles. The Hall–Kier alpha value is -2.27. The van der Waals surface area contributed by atoms with E-state index in [0.29, 0.717) is 24.6 Å². The normalized spacial score (nSPS) is 14.6. The van der Waals surface area contributed by atoms with Crippen LogP contribution in [-0.4, -0.2) is 48.5 Å². The first-order valence-electron chi connectivity index (χ1n) is 9.02. The van der Waals surface area contributed by atoms with Gasteiger partial charge >= 0.3 is 0 Å². The number of pyridine rings is 1. The number of carbonyl (C=O) groups excluding carboxylic acids is 1. The molecular formula is C20H25ClN4O. The van der Waals surface area contributed by atoms with E-state index in [0.717, 1.165) is 36.2 Å². The van der Waals surface area contributed by atoms with E-state index < -0.39 is 0 Å². The van der Waals surface area contributed by atoms with Crippen LogP contribution in [0, 0.1) is 5.92 Å². The summed E-state index contributed by atoms with van der Waals surface area (Å²) in [5.41, 5.74) is 1.74. The van der Waals surface area contributed by atoms with Crippen molar-refractivity contribution in [3.63, 3.8) is 0 Å². The first kappa shape index (κ1) is 18.5. The van der Waals surface area contributed by atoms with E-state index in [1.165, 1.54) is 0 Å². The summed E-state index contributed by atoms with van der Waals surface area (Å²) in [6.45, 7) is 8.14. The molecule has 1 aromatic carbocycles. The molecule has 0 aliphatic carbocycles. The third kappa shape index (κ3) is 4.67. The van der Waals surface area contributed by atoms with Crippen LogP contribution >= 0.6 is 11.6 Å². The first-order chi connectivity index (χ1) is 12.5. The summed E-state index contributed by atoms with van der Waals surface area (Å²) in [4.78, 5) is 21.2. The van der Waals surface area contributed by atoms with Gasteiger partial charge in [0.2, 0.25) is 0 Å². The molecule has 1 aliphatic heterocycles. The highest BCUT2D eigenvalue weighted by atomic mass is 35.5. The van der Waals surface area contributed by atoms with Crippen LogP contribution in [0.3, 0.4) is 0 Å². The Kier molecular flexibility index (Phi) is 5.99. The van der Waals surface area contributed by atoms with E-state index >= 15 is 0 Å². The van der Waals surface area contributed by atoms with E-state index in [1.807, 2.05) is 35.2 Å². The van der Waals surface area contributed by atoms with Gasteiger partial charge in [-0.15, -0.1) is 0 Å². The predicted molar refractivity (Wildman–Crippen MR) is 107 cm³/mol. The van der Waals surface area contributed by atoms with Gasteiger partial charge in [0.15, 0.2) is 0 Å². The number of rotatable bonds is 5. The van der Waals surface area contributed by atoms with Crippen LogP contribution in [-0.2, 0) is 0 Å². The molecule has 2 heterocycles. The Morgan fingerprint density at radius 1 is 1.19 bits per heavy atom. The average Bonchev–Trinajstić information content (AvgIpc) is 2.66. The zero-order chi connectivity index (χ0) is 18.5. The maximum absolute atomic E-state index is 12.7. The number of hydrogen-bond acceptors (Lipinski definition) is 4. The maximum Gasteiger partial charge on any atom is 0.255 e. The van der Waals surface area contributed by atoms with Crippen molar-refractivity contribution in [2.75, 3.05) is 42.9 Å². The van der Waals surface area contributed by atoms with Crippen molar-refractivity contribution in [2.45, 2.75) is 13.8 Å². The summed E-state index contributed by atoms with van der Waals surface area (Å²) in [5.74, 6) is 1.40. The molecule has 138 valence electrons. The minimum Gasteiger partial charge on any atom is -0.370 e. The lowest BCUT2D eigenvalue weighted by Crippen LogP contribution is -2.48. The molecule has 6 heteroatoms. The summed E-state index contributed by atoms with van der Waals surface area (Å²) in [6.07, 6.45) is 1.66. The lowest BCUT2D eigenvalue weighted by atomic mass is 10.2. The number of piperazine rings is 1. The molecule has 1 fully saturated rings. The largest absolute Gasteiger partial charge is 0.370 e. The number of amides is 1. The summed E-state index contributed by atoms with van der Waals surface area (Å²) in [5, 5.41) is 4.00. The Morgan fingerprint density at radius 2 is 1.96 bits per heavy atom. The smallest absolute Gasteiger partial charge is 0.255 e. The molecule has 1 N–H and O–H groups in total. The van der Waals surface area contributed by atoms with Gasteiger partial charge in [-0.1, -0.05) is 31.5 Å². The van der Waals surface area contributed by atoms with Gasteiger partial charge < -0.3 is 15.1 Å². The molecular weight excluding hydrogens is 348 g/mol. The number of nitrogens with one attached hydrogen (secondary N) is 1. The molecule has 0 unspecified atom stereocenters. The third-order valence-electron chi connectivity index (χ3n) is 4.44. The van der Waals surface area contributed by atoms with Gasteiger partial charge in [-0.3, -0.25) is 4.79 Å². The number of aromatic nitrogens is 1. The lowest BCUT2D eigenvalue weighted by molar-refractivity contribution is 0.0746. The minimum absolute atomic E-state index is 0.0404. The monoisotopic (exact) mass is 372 g/mol.